The number of aryl methyl sites for hydroxylation is 2. The van der Waals surface area contributed by atoms with Crippen LogP contribution < -0.4 is 4.90 Å². The summed E-state index contributed by atoms with van der Waals surface area (Å²) < 4.78 is 13.7. The molecule has 0 saturated carbocycles. The van der Waals surface area contributed by atoms with Gasteiger partial charge >= 0.3 is 5.97 Å². The van der Waals surface area contributed by atoms with Crippen molar-refractivity contribution in [3.05, 3.63) is 87.9 Å². The lowest BCUT2D eigenvalue weighted by Gasteiger charge is -2.39. The van der Waals surface area contributed by atoms with E-state index in [0.717, 1.165) is 11.1 Å². The minimum absolute atomic E-state index is 0.0972. The van der Waals surface area contributed by atoms with E-state index in [4.69, 9.17) is 9.47 Å². The fourth-order valence-electron chi connectivity index (χ4n) is 8.49. The van der Waals surface area contributed by atoms with Crippen LogP contribution in [-0.2, 0) is 28.7 Å². The Balaban J connectivity index is 1.54. The number of likely N-dealkylation sites (tertiary alicyclic amines) is 1. The molecular formula is C40H48BrN3O7. The minimum Gasteiger partial charge on any atom is -0.455 e. The standard InChI is InChI=1S/C40H48BrN3O7/c1-23(2)20-28(22-45)44-36-38(48)43(33-24(3)14-13-15-25(33)4)19-12-8-11-18-30(46)42(6)26(5)34(27-16-9-7-10-17-27)50-39(49)31-32(37(44)47)40(36)21-29(41)35(31)51-40/h7-10,12-17,21,23,26,28,31-32,34-36,45H,11,18-20,22H2,1-6H3/b12-8-/t26-,28+,31+,32-,34+,35+,36+,40-/m0/s1. The molecule has 4 heterocycles. The zero-order valence-electron chi connectivity index (χ0n) is 30.1. The summed E-state index contributed by atoms with van der Waals surface area (Å²) in [5.74, 6) is -3.64. The lowest BCUT2D eigenvalue weighted by molar-refractivity contribution is -0.164. The monoisotopic (exact) mass is 761 g/mol. The lowest BCUT2D eigenvalue weighted by Crippen LogP contribution is -2.59. The van der Waals surface area contributed by atoms with Crippen LogP contribution in [0.25, 0.3) is 0 Å². The molecule has 0 unspecified atom stereocenters. The molecule has 8 atom stereocenters. The number of rotatable bonds is 6. The third-order valence-electron chi connectivity index (χ3n) is 11.0. The Bertz CT molecular complexity index is 1720. The Morgan fingerprint density at radius 1 is 0.961 bits per heavy atom. The summed E-state index contributed by atoms with van der Waals surface area (Å²) in [5.41, 5.74) is 1.67. The molecule has 6 rings (SSSR count). The van der Waals surface area contributed by atoms with Crippen LogP contribution in [0.4, 0.5) is 5.69 Å². The fourth-order valence-corrected chi connectivity index (χ4v) is 9.23. The van der Waals surface area contributed by atoms with Crippen molar-refractivity contribution in [3.63, 3.8) is 0 Å². The number of benzene rings is 2. The summed E-state index contributed by atoms with van der Waals surface area (Å²) in [5, 5.41) is 10.8. The van der Waals surface area contributed by atoms with Gasteiger partial charge in [0.1, 0.15) is 29.8 Å². The van der Waals surface area contributed by atoms with E-state index in [2.05, 4.69) is 15.9 Å². The zero-order valence-corrected chi connectivity index (χ0v) is 31.7. The van der Waals surface area contributed by atoms with E-state index < -0.39 is 59.6 Å². The third kappa shape index (κ3) is 6.46. The van der Waals surface area contributed by atoms with Gasteiger partial charge in [-0.15, -0.1) is 0 Å². The van der Waals surface area contributed by atoms with Gasteiger partial charge in [-0.1, -0.05) is 90.5 Å². The molecule has 11 heteroatoms. The van der Waals surface area contributed by atoms with Gasteiger partial charge in [-0.05, 0) is 62.3 Å². The maximum absolute atomic E-state index is 15.4. The van der Waals surface area contributed by atoms with Crippen LogP contribution in [0, 0.1) is 31.6 Å². The first-order valence-corrected chi connectivity index (χ1v) is 18.6. The molecular weight excluding hydrogens is 714 g/mol. The summed E-state index contributed by atoms with van der Waals surface area (Å²) in [6.07, 6.45) is 4.96. The second kappa shape index (κ2) is 14.7. The number of hydrogen-bond donors (Lipinski definition) is 1. The molecule has 4 aliphatic rings. The number of ether oxygens (including phenoxy) is 2. The SMILES string of the molecule is Cc1cccc(C)c1N1C/C=C\CCC(=O)N(C)[C@@H](C)[C@H](c2ccccc2)OC(=O)[C@H]2[C@@H]3O[C@@]4(C=C3Br)[C@@H]2C(=O)N([C@@H](CO)CC(C)C)[C@@H]4C1=O. The Morgan fingerprint density at radius 3 is 2.29 bits per heavy atom. The van der Waals surface area contributed by atoms with Gasteiger partial charge in [-0.25, -0.2) is 0 Å². The Kier molecular flexibility index (Phi) is 10.6. The van der Waals surface area contributed by atoms with Gasteiger partial charge in [0.2, 0.25) is 11.8 Å². The van der Waals surface area contributed by atoms with Crippen molar-refractivity contribution in [1.29, 1.82) is 0 Å². The lowest BCUT2D eigenvalue weighted by atomic mass is 9.74. The molecule has 51 heavy (non-hydrogen) atoms. The second-order valence-corrected chi connectivity index (χ2v) is 15.7. The fraction of sp³-hybridized carbons (Fsp3) is 0.500. The highest BCUT2D eigenvalue weighted by Gasteiger charge is 2.75. The number of likely N-dealkylation sites (N-methyl/N-ethyl adjacent to an activating group) is 1. The highest BCUT2D eigenvalue weighted by molar-refractivity contribution is 9.11. The zero-order chi connectivity index (χ0) is 36.8. The number of cyclic esters (lactones) is 1. The number of nitrogens with zero attached hydrogens (tertiary/aromatic N) is 3. The summed E-state index contributed by atoms with van der Waals surface area (Å²) in [4.78, 5) is 63.2. The molecule has 4 aliphatic heterocycles. The number of anilines is 1. The van der Waals surface area contributed by atoms with Crippen LogP contribution in [0.2, 0.25) is 0 Å². The molecule has 1 spiro atoms. The van der Waals surface area contributed by atoms with Crippen molar-refractivity contribution in [2.24, 2.45) is 17.8 Å². The first-order valence-electron chi connectivity index (χ1n) is 17.8. The molecule has 5 bridgehead atoms. The number of fused-ring (bicyclic) bond motifs is 2. The van der Waals surface area contributed by atoms with Crippen molar-refractivity contribution in [2.45, 2.75) is 89.8 Å². The molecule has 0 aromatic heterocycles. The molecule has 3 amide bonds. The highest BCUT2D eigenvalue weighted by atomic mass is 79.9. The largest absolute Gasteiger partial charge is 0.455 e. The van der Waals surface area contributed by atoms with Gasteiger partial charge in [0.15, 0.2) is 0 Å². The van der Waals surface area contributed by atoms with Gasteiger partial charge in [0, 0.05) is 30.2 Å². The van der Waals surface area contributed by atoms with Gasteiger partial charge in [0.25, 0.3) is 5.91 Å². The van der Waals surface area contributed by atoms with Gasteiger partial charge in [-0.3, -0.25) is 19.2 Å². The molecule has 272 valence electrons. The highest BCUT2D eigenvalue weighted by Crippen LogP contribution is 2.59. The number of para-hydroxylation sites is 1. The minimum atomic E-state index is -1.50. The maximum Gasteiger partial charge on any atom is 0.313 e. The number of amides is 3. The van der Waals surface area contributed by atoms with Gasteiger partial charge in [-0.2, -0.15) is 0 Å². The number of halogens is 1. The molecule has 0 aliphatic carbocycles. The normalized spacial score (nSPS) is 31.2. The first kappa shape index (κ1) is 37.0. The van der Waals surface area contributed by atoms with Crippen LogP contribution in [0.3, 0.4) is 0 Å². The topological polar surface area (TPSA) is 117 Å². The van der Waals surface area contributed by atoms with Crippen molar-refractivity contribution >= 4 is 45.3 Å². The third-order valence-corrected chi connectivity index (χ3v) is 11.7. The number of esters is 1. The Hall–Kier alpha value is -3.80. The number of carbonyl (C=O) groups excluding carboxylic acids is 4. The van der Waals surface area contributed by atoms with Crippen molar-refractivity contribution < 1.29 is 33.8 Å². The van der Waals surface area contributed by atoms with E-state index in [1.54, 1.807) is 22.9 Å². The van der Waals surface area contributed by atoms with Crippen LogP contribution in [0.15, 0.2) is 71.2 Å². The van der Waals surface area contributed by atoms with Crippen LogP contribution >= 0.6 is 15.9 Å². The number of aliphatic hydroxyl groups is 1. The van der Waals surface area contributed by atoms with E-state index in [1.165, 1.54) is 4.90 Å². The summed E-state index contributed by atoms with van der Waals surface area (Å²) >= 11 is 3.64. The molecule has 2 aromatic rings. The van der Waals surface area contributed by atoms with E-state index in [0.29, 0.717) is 28.6 Å². The quantitative estimate of drug-likeness (QED) is 0.310. The molecule has 2 fully saturated rings. The van der Waals surface area contributed by atoms with Crippen molar-refractivity contribution in [2.75, 3.05) is 25.1 Å². The smallest absolute Gasteiger partial charge is 0.313 e. The second-order valence-electron chi connectivity index (χ2n) is 14.8. The molecule has 2 saturated heterocycles. The molecule has 2 aromatic carbocycles. The van der Waals surface area contributed by atoms with Crippen molar-refractivity contribution in [1.82, 2.24) is 9.80 Å². The summed E-state index contributed by atoms with van der Waals surface area (Å²) in [6, 6.07) is 12.7. The average Bonchev–Trinajstić information content (AvgIpc) is 3.70. The Labute approximate surface area is 308 Å². The maximum atomic E-state index is 15.4. The first-order chi connectivity index (χ1) is 24.3. The predicted octanol–water partition coefficient (Wildman–Crippen LogP) is 5.40. The number of carbonyl (C=O) groups is 4. The molecule has 1 N–H and O–H groups in total. The van der Waals surface area contributed by atoms with Gasteiger partial charge < -0.3 is 29.3 Å². The van der Waals surface area contributed by atoms with Gasteiger partial charge in [0.05, 0.1) is 24.6 Å². The van der Waals surface area contributed by atoms with E-state index >= 15 is 4.79 Å². The van der Waals surface area contributed by atoms with E-state index in [9.17, 15) is 19.5 Å². The van der Waals surface area contributed by atoms with Crippen LogP contribution in [0.1, 0.15) is 62.8 Å². The molecule has 10 nitrogen and oxygen atoms in total. The summed E-state index contributed by atoms with van der Waals surface area (Å²) in [7, 11) is 1.71. The molecule has 0 radical (unpaired) electrons. The predicted molar refractivity (Wildman–Crippen MR) is 197 cm³/mol. The average molecular weight is 763 g/mol. The van der Waals surface area contributed by atoms with E-state index in [-0.39, 0.29) is 37.3 Å². The van der Waals surface area contributed by atoms with Crippen LogP contribution in [0.5, 0.6) is 0 Å². The van der Waals surface area contributed by atoms with Crippen LogP contribution in [-0.4, -0.2) is 88.6 Å². The van der Waals surface area contributed by atoms with E-state index in [1.807, 2.05) is 95.3 Å². The van der Waals surface area contributed by atoms with Crippen molar-refractivity contribution in [3.8, 4) is 0 Å². The number of hydrogen-bond acceptors (Lipinski definition) is 7. The summed E-state index contributed by atoms with van der Waals surface area (Å²) in [6.45, 7) is 9.54. The Morgan fingerprint density at radius 2 is 1.65 bits per heavy atom. The number of aliphatic hydroxyl groups excluding tert-OH is 1. The number of allylic oxidation sites excluding steroid dienone is 1.